The molecule has 2 aliphatic rings. The first-order valence-electron chi connectivity index (χ1n) is 9.85. The maximum Gasteiger partial charge on any atom is 0.412 e. The van der Waals surface area contributed by atoms with E-state index in [9.17, 15) is 19.5 Å². The minimum absolute atomic E-state index is 0.134. The van der Waals surface area contributed by atoms with Gasteiger partial charge in [-0.25, -0.2) is 4.79 Å². The fourth-order valence-corrected chi connectivity index (χ4v) is 4.14. The normalized spacial score (nSPS) is 24.2. The van der Waals surface area contributed by atoms with E-state index in [2.05, 4.69) is 5.32 Å². The Hall–Kier alpha value is -2.61. The van der Waals surface area contributed by atoms with Crippen molar-refractivity contribution in [3.63, 3.8) is 0 Å². The van der Waals surface area contributed by atoms with Gasteiger partial charge in [0.2, 0.25) is 0 Å². The zero-order valence-electron chi connectivity index (χ0n) is 17.4. The third kappa shape index (κ3) is 4.22. The van der Waals surface area contributed by atoms with Gasteiger partial charge >= 0.3 is 12.1 Å². The van der Waals surface area contributed by atoms with Crippen molar-refractivity contribution in [2.75, 3.05) is 12.4 Å². The first kappa shape index (κ1) is 21.1. The van der Waals surface area contributed by atoms with Crippen LogP contribution in [0.15, 0.2) is 12.1 Å². The van der Waals surface area contributed by atoms with Gasteiger partial charge in [-0.1, -0.05) is 6.07 Å². The molecule has 0 unspecified atom stereocenters. The highest BCUT2D eigenvalue weighted by atomic mass is 16.6. The third-order valence-corrected chi connectivity index (χ3v) is 5.68. The van der Waals surface area contributed by atoms with Crippen LogP contribution in [0.2, 0.25) is 0 Å². The number of carboxylic acid groups (broad SMARTS) is 1. The van der Waals surface area contributed by atoms with Crippen molar-refractivity contribution in [2.45, 2.75) is 70.1 Å². The Morgan fingerprint density at radius 2 is 1.90 bits per heavy atom. The van der Waals surface area contributed by atoms with Crippen molar-refractivity contribution >= 4 is 23.7 Å². The number of hydrogen-bond donors (Lipinski definition) is 3. The molecule has 0 aromatic heterocycles. The van der Waals surface area contributed by atoms with E-state index >= 15 is 0 Å². The maximum absolute atomic E-state index is 12.7. The molecule has 1 heterocycles. The number of ether oxygens (including phenoxy) is 1. The number of benzene rings is 1. The molecule has 1 aliphatic carbocycles. The van der Waals surface area contributed by atoms with Crippen molar-refractivity contribution in [3.8, 4) is 0 Å². The van der Waals surface area contributed by atoms with Crippen molar-refractivity contribution in [3.05, 3.63) is 28.8 Å². The molecular weight excluding hydrogens is 374 g/mol. The quantitative estimate of drug-likeness (QED) is 0.713. The van der Waals surface area contributed by atoms with Gasteiger partial charge in [0.05, 0.1) is 11.3 Å². The van der Waals surface area contributed by atoms with Crippen LogP contribution in [0, 0.1) is 0 Å². The summed E-state index contributed by atoms with van der Waals surface area (Å²) in [6, 6.07) is 3.66. The summed E-state index contributed by atoms with van der Waals surface area (Å²) in [7, 11) is 1.72. The van der Waals surface area contributed by atoms with Gasteiger partial charge < -0.3 is 20.5 Å². The van der Waals surface area contributed by atoms with Gasteiger partial charge in [0.1, 0.15) is 11.1 Å². The second-order valence-corrected chi connectivity index (χ2v) is 9.08. The molecule has 0 spiro atoms. The van der Waals surface area contributed by atoms with Crippen LogP contribution in [0.5, 0.6) is 0 Å². The van der Waals surface area contributed by atoms with Crippen LogP contribution in [0.3, 0.4) is 0 Å². The van der Waals surface area contributed by atoms with Crippen LogP contribution in [-0.2, 0) is 16.1 Å². The first-order valence-corrected chi connectivity index (χ1v) is 9.85. The lowest BCUT2D eigenvalue weighted by Crippen LogP contribution is -2.50. The number of fused-ring (bicyclic) bond motifs is 1. The fraction of sp³-hybridized carbons (Fsp3) is 0.571. The van der Waals surface area contributed by atoms with E-state index in [4.69, 9.17) is 10.5 Å². The smallest absolute Gasteiger partial charge is 0.412 e. The zero-order chi connectivity index (χ0) is 21.6. The Kier molecular flexibility index (Phi) is 5.34. The second kappa shape index (κ2) is 7.33. The fourth-order valence-electron chi connectivity index (χ4n) is 4.14. The van der Waals surface area contributed by atoms with Crippen molar-refractivity contribution in [2.24, 2.45) is 5.73 Å². The number of carbonyl (C=O) groups is 3. The molecular formula is C21H29N3O5. The minimum atomic E-state index is -1.18. The SMILES string of the molecule is CN1Cc2c(C3CCC(N)(C(=O)O)CC3)ccc(NC(=O)OC(C)(C)C)c2C1=O. The molecule has 1 aromatic carbocycles. The Morgan fingerprint density at radius 3 is 2.45 bits per heavy atom. The number of amides is 2. The van der Waals surface area contributed by atoms with Crippen LogP contribution < -0.4 is 11.1 Å². The monoisotopic (exact) mass is 403 g/mol. The summed E-state index contributed by atoms with van der Waals surface area (Å²) >= 11 is 0. The predicted octanol–water partition coefficient (Wildman–Crippen LogP) is 3.06. The molecule has 8 heteroatoms. The highest BCUT2D eigenvalue weighted by molar-refractivity contribution is 6.06. The summed E-state index contributed by atoms with van der Waals surface area (Å²) in [5.41, 5.74) is 7.02. The van der Waals surface area contributed by atoms with E-state index in [0.717, 1.165) is 11.1 Å². The van der Waals surface area contributed by atoms with Crippen molar-refractivity contribution in [1.29, 1.82) is 0 Å². The minimum Gasteiger partial charge on any atom is -0.480 e. The van der Waals surface area contributed by atoms with E-state index in [-0.39, 0.29) is 11.8 Å². The third-order valence-electron chi connectivity index (χ3n) is 5.68. The van der Waals surface area contributed by atoms with Crippen molar-refractivity contribution in [1.82, 2.24) is 4.90 Å². The molecule has 0 atom stereocenters. The molecule has 0 saturated heterocycles. The zero-order valence-corrected chi connectivity index (χ0v) is 17.4. The van der Waals surface area contributed by atoms with E-state index in [1.54, 1.807) is 38.8 Å². The van der Waals surface area contributed by atoms with E-state index in [1.807, 2.05) is 6.07 Å². The van der Waals surface area contributed by atoms with Gasteiger partial charge in [0.15, 0.2) is 0 Å². The Bertz CT molecular complexity index is 851. The van der Waals surface area contributed by atoms with Gasteiger partial charge in [0, 0.05) is 13.6 Å². The summed E-state index contributed by atoms with van der Waals surface area (Å²) in [6.45, 7) is 5.78. The molecule has 3 rings (SSSR count). The van der Waals surface area contributed by atoms with Gasteiger partial charge in [-0.15, -0.1) is 0 Å². The molecule has 8 nitrogen and oxygen atoms in total. The van der Waals surface area contributed by atoms with Gasteiger partial charge in [-0.2, -0.15) is 0 Å². The molecule has 158 valence electrons. The first-order chi connectivity index (χ1) is 13.4. The standard InChI is InChI=1S/C21H29N3O5/c1-20(2,3)29-19(28)23-15-6-5-13(14-11-24(4)17(25)16(14)15)12-7-9-21(22,10-8-12)18(26)27/h5-6,12H,7-11,22H2,1-4H3,(H,23,28)(H,26,27). The summed E-state index contributed by atoms with van der Waals surface area (Å²) in [4.78, 5) is 38.0. The van der Waals surface area contributed by atoms with Crippen LogP contribution >= 0.6 is 0 Å². The second-order valence-electron chi connectivity index (χ2n) is 9.08. The molecule has 0 bridgehead atoms. The van der Waals surface area contributed by atoms with Gasteiger partial charge in [-0.3, -0.25) is 14.9 Å². The average molecular weight is 403 g/mol. The Morgan fingerprint density at radius 1 is 1.28 bits per heavy atom. The lowest BCUT2D eigenvalue weighted by Gasteiger charge is -2.34. The molecule has 4 N–H and O–H groups in total. The molecule has 1 fully saturated rings. The molecule has 1 aliphatic heterocycles. The van der Waals surface area contributed by atoms with Crippen LogP contribution in [-0.4, -0.2) is 46.2 Å². The van der Waals surface area contributed by atoms with E-state index in [1.165, 1.54) is 0 Å². The van der Waals surface area contributed by atoms with Gasteiger partial charge in [-0.05, 0) is 69.6 Å². The number of aliphatic carboxylic acids is 1. The average Bonchev–Trinajstić information content (AvgIpc) is 2.90. The molecule has 0 radical (unpaired) electrons. The number of rotatable bonds is 3. The maximum atomic E-state index is 12.7. The van der Waals surface area contributed by atoms with E-state index < -0.39 is 23.2 Å². The number of hydrogen-bond acceptors (Lipinski definition) is 5. The number of nitrogens with two attached hydrogens (primary N) is 1. The summed E-state index contributed by atoms with van der Waals surface area (Å²) in [5.74, 6) is -0.981. The predicted molar refractivity (Wildman–Crippen MR) is 108 cm³/mol. The highest BCUT2D eigenvalue weighted by Crippen LogP contribution is 2.42. The topological polar surface area (TPSA) is 122 Å². The Balaban J connectivity index is 1.88. The number of nitrogens with zero attached hydrogens (tertiary/aromatic N) is 1. The number of nitrogens with one attached hydrogen (secondary N) is 1. The van der Waals surface area contributed by atoms with Crippen LogP contribution in [0.1, 0.15) is 73.9 Å². The summed E-state index contributed by atoms with van der Waals surface area (Å²) < 4.78 is 5.31. The van der Waals surface area contributed by atoms with Crippen LogP contribution in [0.4, 0.5) is 10.5 Å². The van der Waals surface area contributed by atoms with E-state index in [0.29, 0.717) is 43.5 Å². The summed E-state index contributed by atoms with van der Waals surface area (Å²) in [6.07, 6.45) is 1.46. The lowest BCUT2D eigenvalue weighted by atomic mass is 9.73. The number of anilines is 1. The molecule has 29 heavy (non-hydrogen) atoms. The molecule has 1 aromatic rings. The number of carbonyl (C=O) groups excluding carboxylic acids is 2. The van der Waals surface area contributed by atoms with Gasteiger partial charge in [0.25, 0.3) is 5.91 Å². The number of carboxylic acids is 1. The van der Waals surface area contributed by atoms with Crippen molar-refractivity contribution < 1.29 is 24.2 Å². The lowest BCUT2D eigenvalue weighted by molar-refractivity contribution is -0.144. The molecule has 1 saturated carbocycles. The largest absolute Gasteiger partial charge is 0.480 e. The summed E-state index contributed by atoms with van der Waals surface area (Å²) in [5, 5.41) is 12.1. The molecule has 2 amide bonds. The van der Waals surface area contributed by atoms with Crippen LogP contribution in [0.25, 0.3) is 0 Å². The highest BCUT2D eigenvalue weighted by Gasteiger charge is 2.40. The Labute approximate surface area is 170 Å².